The van der Waals surface area contributed by atoms with E-state index in [1.54, 1.807) is 6.20 Å². The Labute approximate surface area is 142 Å². The second-order valence-corrected chi connectivity index (χ2v) is 5.96. The number of aryl methyl sites for hydroxylation is 1. The first-order valence-corrected chi connectivity index (χ1v) is 8.25. The number of benzene rings is 2. The van der Waals surface area contributed by atoms with Gasteiger partial charge in [-0.3, -0.25) is 0 Å². The lowest BCUT2D eigenvalue weighted by molar-refractivity contribution is 0.0239. The molecule has 0 aliphatic heterocycles. The molecule has 3 aromatic rings. The molecule has 1 heterocycles. The van der Waals surface area contributed by atoms with E-state index in [0.717, 1.165) is 30.6 Å². The van der Waals surface area contributed by atoms with Crippen LogP contribution >= 0.6 is 0 Å². The van der Waals surface area contributed by atoms with Crippen molar-refractivity contribution in [1.82, 2.24) is 9.55 Å². The Morgan fingerprint density at radius 2 is 1.79 bits per heavy atom. The van der Waals surface area contributed by atoms with E-state index in [2.05, 4.69) is 33.8 Å². The van der Waals surface area contributed by atoms with Gasteiger partial charge in [-0.15, -0.1) is 0 Å². The number of hydrogen-bond acceptors (Lipinski definition) is 3. The van der Waals surface area contributed by atoms with Gasteiger partial charge in [0, 0.05) is 24.6 Å². The molecule has 0 saturated heterocycles. The summed E-state index contributed by atoms with van der Waals surface area (Å²) in [6.07, 6.45) is 7.72. The number of aromatic nitrogens is 2. The van der Waals surface area contributed by atoms with Crippen molar-refractivity contribution in [2.24, 2.45) is 0 Å². The van der Waals surface area contributed by atoms with Crippen molar-refractivity contribution in [2.75, 3.05) is 5.73 Å². The molecule has 4 heteroatoms. The standard InChI is InChI=1S/C20H23N3O/c21-19-9-6-18(7-10-19)15-24-20(14-23-13-12-22-16-23)11-8-17-4-2-1-3-5-17/h1-7,9-10,12-13,16,20H,8,11,14-15,21H2. The van der Waals surface area contributed by atoms with E-state index in [1.807, 2.05) is 42.9 Å². The van der Waals surface area contributed by atoms with Gasteiger partial charge >= 0.3 is 0 Å². The van der Waals surface area contributed by atoms with Crippen LogP contribution in [0.25, 0.3) is 0 Å². The van der Waals surface area contributed by atoms with E-state index >= 15 is 0 Å². The fourth-order valence-corrected chi connectivity index (χ4v) is 2.66. The maximum absolute atomic E-state index is 6.17. The number of anilines is 1. The van der Waals surface area contributed by atoms with Crippen LogP contribution in [0, 0.1) is 0 Å². The van der Waals surface area contributed by atoms with Gasteiger partial charge in [-0.25, -0.2) is 4.98 Å². The molecule has 1 atom stereocenters. The summed E-state index contributed by atoms with van der Waals surface area (Å²) in [5, 5.41) is 0. The van der Waals surface area contributed by atoms with E-state index in [0.29, 0.717) is 6.61 Å². The predicted octanol–water partition coefficient (Wildman–Crippen LogP) is 3.68. The summed E-state index contributed by atoms with van der Waals surface area (Å²) in [7, 11) is 0. The molecule has 0 amide bonds. The van der Waals surface area contributed by atoms with E-state index in [9.17, 15) is 0 Å². The van der Waals surface area contributed by atoms with Crippen LogP contribution in [0.4, 0.5) is 5.69 Å². The number of hydrogen-bond donors (Lipinski definition) is 1. The smallest absolute Gasteiger partial charge is 0.0946 e. The Balaban J connectivity index is 1.59. The predicted molar refractivity (Wildman–Crippen MR) is 96.4 cm³/mol. The second-order valence-electron chi connectivity index (χ2n) is 5.96. The molecule has 4 nitrogen and oxygen atoms in total. The minimum absolute atomic E-state index is 0.136. The number of ether oxygens (including phenoxy) is 1. The zero-order valence-electron chi connectivity index (χ0n) is 13.7. The molecule has 1 unspecified atom stereocenters. The topological polar surface area (TPSA) is 53.1 Å². The van der Waals surface area contributed by atoms with E-state index < -0.39 is 0 Å². The van der Waals surface area contributed by atoms with Crippen molar-refractivity contribution < 1.29 is 4.74 Å². The highest BCUT2D eigenvalue weighted by molar-refractivity contribution is 5.39. The molecular formula is C20H23N3O. The van der Waals surface area contributed by atoms with E-state index in [4.69, 9.17) is 10.5 Å². The third kappa shape index (κ3) is 4.96. The van der Waals surface area contributed by atoms with Crippen LogP contribution in [0.1, 0.15) is 17.5 Å². The molecule has 0 aliphatic carbocycles. The average Bonchev–Trinajstić information content (AvgIpc) is 3.13. The summed E-state index contributed by atoms with van der Waals surface area (Å²) in [6, 6.07) is 18.4. The first-order valence-electron chi connectivity index (χ1n) is 8.25. The van der Waals surface area contributed by atoms with Gasteiger partial charge in [0.25, 0.3) is 0 Å². The summed E-state index contributed by atoms with van der Waals surface area (Å²) in [5.74, 6) is 0. The van der Waals surface area contributed by atoms with Crippen molar-refractivity contribution in [2.45, 2.75) is 32.1 Å². The number of nitrogen functional groups attached to an aromatic ring is 1. The van der Waals surface area contributed by atoms with Gasteiger partial charge in [0.2, 0.25) is 0 Å². The lowest BCUT2D eigenvalue weighted by Gasteiger charge is -2.19. The SMILES string of the molecule is Nc1ccc(COC(CCc2ccccc2)Cn2ccnc2)cc1. The molecule has 24 heavy (non-hydrogen) atoms. The molecule has 0 fully saturated rings. The minimum Gasteiger partial charge on any atom is -0.399 e. The maximum Gasteiger partial charge on any atom is 0.0946 e. The molecule has 2 N–H and O–H groups in total. The first-order chi connectivity index (χ1) is 11.8. The molecule has 0 aliphatic rings. The van der Waals surface area contributed by atoms with Crippen LogP contribution in [0.5, 0.6) is 0 Å². The third-order valence-electron chi connectivity index (χ3n) is 4.04. The summed E-state index contributed by atoms with van der Waals surface area (Å²) in [6.45, 7) is 1.40. The molecule has 0 radical (unpaired) electrons. The Morgan fingerprint density at radius 3 is 2.50 bits per heavy atom. The Morgan fingerprint density at radius 1 is 1.00 bits per heavy atom. The zero-order valence-corrected chi connectivity index (χ0v) is 13.7. The molecule has 0 spiro atoms. The van der Waals surface area contributed by atoms with Crippen LogP contribution in [0.3, 0.4) is 0 Å². The van der Waals surface area contributed by atoms with Crippen LogP contribution in [0.2, 0.25) is 0 Å². The molecule has 0 bridgehead atoms. The number of nitrogens with zero attached hydrogens (tertiary/aromatic N) is 2. The molecule has 0 saturated carbocycles. The third-order valence-corrected chi connectivity index (χ3v) is 4.04. The van der Waals surface area contributed by atoms with Crippen molar-refractivity contribution in [1.29, 1.82) is 0 Å². The Kier molecular flexibility index (Phi) is 5.64. The normalized spacial score (nSPS) is 12.2. The number of imidazole rings is 1. The van der Waals surface area contributed by atoms with Gasteiger partial charge in [0.05, 0.1) is 19.0 Å². The highest BCUT2D eigenvalue weighted by Gasteiger charge is 2.11. The summed E-state index contributed by atoms with van der Waals surface area (Å²) < 4.78 is 8.24. The van der Waals surface area contributed by atoms with Crippen LogP contribution in [-0.4, -0.2) is 15.7 Å². The maximum atomic E-state index is 6.17. The van der Waals surface area contributed by atoms with Gasteiger partial charge in [-0.2, -0.15) is 0 Å². The van der Waals surface area contributed by atoms with Gasteiger partial charge in [-0.1, -0.05) is 42.5 Å². The highest BCUT2D eigenvalue weighted by Crippen LogP contribution is 2.13. The van der Waals surface area contributed by atoms with Crippen molar-refractivity contribution in [3.63, 3.8) is 0 Å². The van der Waals surface area contributed by atoms with Crippen molar-refractivity contribution in [3.8, 4) is 0 Å². The van der Waals surface area contributed by atoms with Crippen LogP contribution in [-0.2, 0) is 24.3 Å². The zero-order chi connectivity index (χ0) is 16.6. The van der Waals surface area contributed by atoms with Gasteiger partial charge in [0.1, 0.15) is 0 Å². The van der Waals surface area contributed by atoms with E-state index in [1.165, 1.54) is 5.56 Å². The molecule has 2 aromatic carbocycles. The van der Waals surface area contributed by atoms with Crippen LogP contribution < -0.4 is 5.73 Å². The fraction of sp³-hybridized carbons (Fsp3) is 0.250. The highest BCUT2D eigenvalue weighted by atomic mass is 16.5. The summed E-state index contributed by atoms with van der Waals surface area (Å²) in [5.41, 5.74) is 8.99. The summed E-state index contributed by atoms with van der Waals surface area (Å²) in [4.78, 5) is 4.12. The lowest BCUT2D eigenvalue weighted by Crippen LogP contribution is -2.20. The van der Waals surface area contributed by atoms with Crippen molar-refractivity contribution >= 4 is 5.69 Å². The van der Waals surface area contributed by atoms with Gasteiger partial charge < -0.3 is 15.0 Å². The molecule has 1 aromatic heterocycles. The molecule has 124 valence electrons. The quantitative estimate of drug-likeness (QED) is 0.644. The van der Waals surface area contributed by atoms with Crippen LogP contribution in [0.15, 0.2) is 73.3 Å². The number of rotatable bonds is 8. The molecular weight excluding hydrogens is 298 g/mol. The number of nitrogens with two attached hydrogens (primary N) is 1. The summed E-state index contributed by atoms with van der Waals surface area (Å²) >= 11 is 0. The monoisotopic (exact) mass is 321 g/mol. The minimum atomic E-state index is 0.136. The first kappa shape index (κ1) is 16.3. The van der Waals surface area contributed by atoms with Gasteiger partial charge in [-0.05, 0) is 36.1 Å². The van der Waals surface area contributed by atoms with Crippen molar-refractivity contribution in [3.05, 3.63) is 84.4 Å². The largest absolute Gasteiger partial charge is 0.399 e. The lowest BCUT2D eigenvalue weighted by atomic mass is 10.1. The Bertz CT molecular complexity index is 708. The second kappa shape index (κ2) is 8.31. The van der Waals surface area contributed by atoms with Gasteiger partial charge in [0.15, 0.2) is 0 Å². The fourth-order valence-electron chi connectivity index (χ4n) is 2.66. The van der Waals surface area contributed by atoms with E-state index in [-0.39, 0.29) is 6.10 Å². The Hall–Kier alpha value is -2.59. The average molecular weight is 321 g/mol. The molecule has 3 rings (SSSR count).